The second-order valence-electron chi connectivity index (χ2n) is 7.64. The highest BCUT2D eigenvalue weighted by atomic mass is 35.5. The van der Waals surface area contributed by atoms with Gasteiger partial charge in [-0.25, -0.2) is 0 Å². The third-order valence-electron chi connectivity index (χ3n) is 5.80. The summed E-state index contributed by atoms with van der Waals surface area (Å²) in [5.41, 5.74) is 0.393. The number of halogens is 1. The second kappa shape index (κ2) is 7.91. The molecule has 4 nitrogen and oxygen atoms in total. The number of Topliss-reactive ketones (excluding diaryl/α,β-unsaturated/α-hetero) is 2. The Hall–Kier alpha value is -1.68. The molecule has 2 atom stereocenters. The van der Waals surface area contributed by atoms with Gasteiger partial charge in [-0.2, -0.15) is 0 Å². The van der Waals surface area contributed by atoms with Gasteiger partial charge in [0.15, 0.2) is 17.5 Å². The Balaban J connectivity index is 1.74. The Morgan fingerprint density at radius 2 is 2.00 bits per heavy atom. The molecule has 1 heterocycles. The summed E-state index contributed by atoms with van der Waals surface area (Å²) in [5, 5.41) is 0.705. The fourth-order valence-electron chi connectivity index (χ4n) is 4.52. The molecule has 0 aromatic heterocycles. The standard InChI is InChI=1S/C21H25ClO4/c1-14(23)19-18(24)13-21(26-20(19)25,16-8-2-3-9-16)11-5-7-15-6-4-10-17(22)12-15/h4,6,10,12,16,19H,2-3,5,7-9,11,13H2,1H3. The van der Waals surface area contributed by atoms with E-state index in [-0.39, 0.29) is 18.1 Å². The molecule has 2 fully saturated rings. The van der Waals surface area contributed by atoms with Crippen molar-refractivity contribution in [2.45, 2.75) is 63.9 Å². The van der Waals surface area contributed by atoms with Crippen molar-refractivity contribution in [2.75, 3.05) is 0 Å². The normalized spacial score (nSPS) is 26.8. The highest BCUT2D eigenvalue weighted by molar-refractivity contribution is 6.30. The van der Waals surface area contributed by atoms with Gasteiger partial charge in [-0.3, -0.25) is 14.4 Å². The van der Waals surface area contributed by atoms with Gasteiger partial charge in [0.2, 0.25) is 0 Å². The number of carbonyl (C=O) groups excluding carboxylic acids is 3. The lowest BCUT2D eigenvalue weighted by Crippen LogP contribution is -2.53. The van der Waals surface area contributed by atoms with Crippen LogP contribution in [0.25, 0.3) is 0 Å². The molecule has 5 heteroatoms. The molecule has 0 bridgehead atoms. The zero-order chi connectivity index (χ0) is 18.7. The van der Waals surface area contributed by atoms with E-state index in [0.717, 1.165) is 44.1 Å². The molecule has 1 saturated heterocycles. The topological polar surface area (TPSA) is 60.4 Å². The molecule has 2 aliphatic rings. The van der Waals surface area contributed by atoms with Crippen LogP contribution in [0.4, 0.5) is 0 Å². The molecular weight excluding hydrogens is 352 g/mol. The van der Waals surface area contributed by atoms with Crippen LogP contribution in [0.3, 0.4) is 0 Å². The molecule has 1 saturated carbocycles. The van der Waals surface area contributed by atoms with E-state index in [0.29, 0.717) is 11.4 Å². The Bertz CT molecular complexity index is 688. The number of carbonyl (C=O) groups is 3. The minimum atomic E-state index is -1.22. The summed E-state index contributed by atoms with van der Waals surface area (Å²) in [6, 6.07) is 7.73. The van der Waals surface area contributed by atoms with Crippen molar-refractivity contribution in [3.05, 3.63) is 34.9 Å². The lowest BCUT2D eigenvalue weighted by Gasteiger charge is -2.42. The largest absolute Gasteiger partial charge is 0.457 e. The number of aryl methyl sites for hydroxylation is 1. The maximum absolute atomic E-state index is 12.6. The van der Waals surface area contributed by atoms with Crippen molar-refractivity contribution in [2.24, 2.45) is 11.8 Å². The van der Waals surface area contributed by atoms with Crippen molar-refractivity contribution in [3.63, 3.8) is 0 Å². The van der Waals surface area contributed by atoms with Crippen molar-refractivity contribution < 1.29 is 19.1 Å². The van der Waals surface area contributed by atoms with Gasteiger partial charge in [0.25, 0.3) is 0 Å². The number of ketones is 2. The molecular formula is C21H25ClO4. The van der Waals surface area contributed by atoms with Crippen LogP contribution in [-0.2, 0) is 25.5 Å². The lowest BCUT2D eigenvalue weighted by molar-refractivity contribution is -0.186. The van der Waals surface area contributed by atoms with Crippen LogP contribution in [0.15, 0.2) is 24.3 Å². The van der Waals surface area contributed by atoms with Crippen LogP contribution in [0.2, 0.25) is 5.02 Å². The minimum absolute atomic E-state index is 0.170. The first kappa shape index (κ1) is 19.1. The van der Waals surface area contributed by atoms with Crippen molar-refractivity contribution in [1.29, 1.82) is 0 Å². The van der Waals surface area contributed by atoms with Gasteiger partial charge in [-0.05, 0) is 62.6 Å². The summed E-state index contributed by atoms with van der Waals surface area (Å²) >= 11 is 6.04. The van der Waals surface area contributed by atoms with Crippen LogP contribution < -0.4 is 0 Å². The second-order valence-corrected chi connectivity index (χ2v) is 8.07. The monoisotopic (exact) mass is 376 g/mol. The van der Waals surface area contributed by atoms with Crippen LogP contribution >= 0.6 is 11.6 Å². The van der Waals surface area contributed by atoms with Gasteiger partial charge >= 0.3 is 5.97 Å². The molecule has 2 unspecified atom stereocenters. The minimum Gasteiger partial charge on any atom is -0.457 e. The summed E-state index contributed by atoms with van der Waals surface area (Å²) in [6.45, 7) is 1.28. The average Bonchev–Trinajstić information content (AvgIpc) is 3.09. The lowest BCUT2D eigenvalue weighted by atomic mass is 9.74. The van der Waals surface area contributed by atoms with E-state index in [1.165, 1.54) is 6.92 Å². The van der Waals surface area contributed by atoms with E-state index in [2.05, 4.69) is 0 Å². The summed E-state index contributed by atoms with van der Waals surface area (Å²) in [5.74, 6) is -2.36. The van der Waals surface area contributed by atoms with E-state index in [1.54, 1.807) is 0 Å². The van der Waals surface area contributed by atoms with Gasteiger partial charge in [0.1, 0.15) is 5.60 Å². The number of rotatable bonds is 6. The molecule has 3 rings (SSSR count). The van der Waals surface area contributed by atoms with Gasteiger partial charge in [-0.15, -0.1) is 0 Å². The summed E-state index contributed by atoms with van der Waals surface area (Å²) < 4.78 is 5.86. The molecule has 0 spiro atoms. The maximum Gasteiger partial charge on any atom is 0.324 e. The van der Waals surface area contributed by atoms with E-state index < -0.39 is 23.3 Å². The third kappa shape index (κ3) is 4.01. The zero-order valence-electron chi connectivity index (χ0n) is 15.1. The van der Waals surface area contributed by atoms with Gasteiger partial charge < -0.3 is 4.74 Å². The fourth-order valence-corrected chi connectivity index (χ4v) is 4.74. The molecule has 0 N–H and O–H groups in total. The van der Waals surface area contributed by atoms with Crippen molar-refractivity contribution >= 4 is 29.1 Å². The highest BCUT2D eigenvalue weighted by Gasteiger charge is 2.52. The first-order valence-electron chi connectivity index (χ1n) is 9.42. The van der Waals surface area contributed by atoms with Crippen molar-refractivity contribution in [1.82, 2.24) is 0 Å². The number of esters is 1. The smallest absolute Gasteiger partial charge is 0.324 e. The Morgan fingerprint density at radius 1 is 1.27 bits per heavy atom. The molecule has 140 valence electrons. The van der Waals surface area contributed by atoms with E-state index in [1.807, 2.05) is 24.3 Å². The number of cyclic esters (lactones) is 1. The zero-order valence-corrected chi connectivity index (χ0v) is 15.9. The number of hydrogen-bond acceptors (Lipinski definition) is 4. The van der Waals surface area contributed by atoms with E-state index in [9.17, 15) is 14.4 Å². The van der Waals surface area contributed by atoms with Crippen LogP contribution in [0.5, 0.6) is 0 Å². The predicted molar refractivity (Wildman–Crippen MR) is 99.0 cm³/mol. The SMILES string of the molecule is CC(=O)C1C(=O)CC(CCCc2cccc(Cl)c2)(C2CCCC2)OC1=O. The Morgan fingerprint density at radius 3 is 2.62 bits per heavy atom. The Kier molecular flexibility index (Phi) is 5.81. The molecule has 1 aliphatic carbocycles. The summed E-state index contributed by atoms with van der Waals surface area (Å²) in [6.07, 6.45) is 6.59. The van der Waals surface area contributed by atoms with Crippen LogP contribution in [0, 0.1) is 11.8 Å². The van der Waals surface area contributed by atoms with Crippen LogP contribution in [0.1, 0.15) is 57.4 Å². The summed E-state index contributed by atoms with van der Waals surface area (Å²) in [4.78, 5) is 36.6. The van der Waals surface area contributed by atoms with Gasteiger partial charge in [-0.1, -0.05) is 36.6 Å². The Labute approximate surface area is 159 Å². The number of benzene rings is 1. The summed E-state index contributed by atoms with van der Waals surface area (Å²) in [7, 11) is 0. The first-order chi connectivity index (χ1) is 12.4. The molecule has 1 aromatic rings. The molecule has 0 radical (unpaired) electrons. The van der Waals surface area contributed by atoms with E-state index in [4.69, 9.17) is 16.3 Å². The molecule has 26 heavy (non-hydrogen) atoms. The predicted octanol–water partition coefficient (Wildman–Crippen LogP) is 4.31. The molecule has 1 aliphatic heterocycles. The van der Waals surface area contributed by atoms with E-state index >= 15 is 0 Å². The quantitative estimate of drug-likeness (QED) is 0.548. The van der Waals surface area contributed by atoms with Gasteiger partial charge in [0.05, 0.1) is 0 Å². The number of ether oxygens (including phenoxy) is 1. The average molecular weight is 377 g/mol. The van der Waals surface area contributed by atoms with Crippen LogP contribution in [-0.4, -0.2) is 23.1 Å². The third-order valence-corrected chi connectivity index (χ3v) is 6.03. The number of hydrogen-bond donors (Lipinski definition) is 0. The maximum atomic E-state index is 12.6. The molecule has 1 aromatic carbocycles. The van der Waals surface area contributed by atoms with Crippen molar-refractivity contribution in [3.8, 4) is 0 Å². The fraction of sp³-hybridized carbons (Fsp3) is 0.571. The molecule has 0 amide bonds. The highest BCUT2D eigenvalue weighted by Crippen LogP contribution is 2.45. The first-order valence-corrected chi connectivity index (χ1v) is 9.79. The van der Waals surface area contributed by atoms with Gasteiger partial charge in [0, 0.05) is 11.4 Å².